The minimum absolute atomic E-state index is 0.0768. The first-order valence-corrected chi connectivity index (χ1v) is 13.8. The van der Waals surface area contributed by atoms with Gasteiger partial charge in [0.2, 0.25) is 0 Å². The molecule has 0 aliphatic heterocycles. The van der Waals surface area contributed by atoms with Crippen molar-refractivity contribution >= 4 is 38.6 Å². The maximum Gasteiger partial charge on any atom is 0.0468 e. The Balaban J connectivity index is 1.39. The lowest BCUT2D eigenvalue weighted by Gasteiger charge is -2.29. The van der Waals surface area contributed by atoms with Crippen LogP contribution in [-0.4, -0.2) is 0 Å². The van der Waals surface area contributed by atoms with Gasteiger partial charge >= 0.3 is 0 Å². The van der Waals surface area contributed by atoms with Crippen LogP contribution in [0.5, 0.6) is 0 Å². The fourth-order valence-corrected chi connectivity index (χ4v) is 6.13. The van der Waals surface area contributed by atoms with E-state index in [2.05, 4.69) is 149 Å². The molecule has 0 heterocycles. The maximum absolute atomic E-state index is 2.41. The van der Waals surface area contributed by atoms with Crippen molar-refractivity contribution in [1.82, 2.24) is 0 Å². The van der Waals surface area contributed by atoms with Crippen molar-refractivity contribution in [1.29, 1.82) is 0 Å². The van der Waals surface area contributed by atoms with Gasteiger partial charge in [0.1, 0.15) is 0 Å². The second-order valence-electron chi connectivity index (χ2n) is 12.2. The summed E-state index contributed by atoms with van der Waals surface area (Å²) in [6.07, 6.45) is 0. The van der Waals surface area contributed by atoms with Crippen LogP contribution in [0, 0.1) is 13.8 Å². The van der Waals surface area contributed by atoms with E-state index in [4.69, 9.17) is 0 Å². The molecule has 7 rings (SSSR count). The molecule has 0 bridgehead atoms. The van der Waals surface area contributed by atoms with E-state index in [0.29, 0.717) is 0 Å². The summed E-state index contributed by atoms with van der Waals surface area (Å²) in [4.78, 5) is 2.41. The Hall–Kier alpha value is -4.36. The van der Waals surface area contributed by atoms with Crippen molar-refractivity contribution in [2.45, 2.75) is 40.0 Å². The molecule has 190 valence electrons. The van der Waals surface area contributed by atoms with Gasteiger partial charge in [0.15, 0.2) is 0 Å². The van der Waals surface area contributed by atoms with E-state index < -0.39 is 0 Å². The molecule has 1 nitrogen and oxygen atoms in total. The number of hydrogen-bond acceptors (Lipinski definition) is 1. The van der Waals surface area contributed by atoms with Crippen LogP contribution in [0.15, 0.2) is 109 Å². The summed E-state index contributed by atoms with van der Waals surface area (Å²) in [6.45, 7) is 11.2. The first kappa shape index (κ1) is 23.7. The van der Waals surface area contributed by atoms with Crippen molar-refractivity contribution in [2.24, 2.45) is 0 Å². The summed E-state index contributed by atoms with van der Waals surface area (Å²) in [5, 5.41) is 5.15. The molecule has 1 aliphatic rings. The van der Waals surface area contributed by atoms with E-state index in [1.54, 1.807) is 0 Å². The maximum atomic E-state index is 2.41. The molecular weight excluding hydrogens is 470 g/mol. The summed E-state index contributed by atoms with van der Waals surface area (Å²) in [5.41, 5.74) is 13.0. The second kappa shape index (κ2) is 8.58. The highest BCUT2D eigenvalue weighted by atomic mass is 15.1. The lowest BCUT2D eigenvalue weighted by atomic mass is 9.78. The molecule has 6 aromatic carbocycles. The van der Waals surface area contributed by atoms with E-state index in [-0.39, 0.29) is 5.41 Å². The molecule has 0 fully saturated rings. The average molecular weight is 504 g/mol. The third-order valence-electron chi connectivity index (χ3n) is 8.12. The minimum atomic E-state index is 0.0768. The van der Waals surface area contributed by atoms with Gasteiger partial charge in [-0.15, -0.1) is 0 Å². The Morgan fingerprint density at radius 1 is 0.436 bits per heavy atom. The van der Waals surface area contributed by atoms with Gasteiger partial charge in [-0.25, -0.2) is 0 Å². The highest BCUT2D eigenvalue weighted by Gasteiger charge is 2.24. The number of hydrogen-bond donors (Lipinski definition) is 0. The van der Waals surface area contributed by atoms with Gasteiger partial charge in [0.05, 0.1) is 0 Å². The molecule has 0 N–H and O–H groups in total. The number of anilines is 3. The summed E-state index contributed by atoms with van der Waals surface area (Å²) >= 11 is 0. The summed E-state index contributed by atoms with van der Waals surface area (Å²) < 4.78 is 0. The molecule has 0 amide bonds. The van der Waals surface area contributed by atoms with Crippen LogP contribution < -0.4 is 4.90 Å². The van der Waals surface area contributed by atoms with E-state index in [1.807, 2.05) is 0 Å². The van der Waals surface area contributed by atoms with E-state index in [9.17, 15) is 0 Å². The highest BCUT2D eigenvalue weighted by molar-refractivity contribution is 6.12. The molecule has 1 aliphatic carbocycles. The van der Waals surface area contributed by atoms with Crippen LogP contribution >= 0.6 is 0 Å². The fourth-order valence-electron chi connectivity index (χ4n) is 6.13. The number of rotatable bonds is 3. The van der Waals surface area contributed by atoms with E-state index in [0.717, 1.165) is 0 Å². The Morgan fingerprint density at radius 2 is 0.974 bits per heavy atom. The third kappa shape index (κ3) is 4.01. The lowest BCUT2D eigenvalue weighted by molar-refractivity contribution is 0.590. The van der Waals surface area contributed by atoms with E-state index >= 15 is 0 Å². The second-order valence-corrected chi connectivity index (χ2v) is 12.2. The normalized spacial score (nSPS) is 12.2. The zero-order valence-corrected chi connectivity index (χ0v) is 23.3. The molecule has 0 radical (unpaired) electrons. The molecule has 0 atom stereocenters. The Morgan fingerprint density at radius 3 is 1.56 bits per heavy atom. The van der Waals surface area contributed by atoms with Gasteiger partial charge in [0.25, 0.3) is 0 Å². The Kier molecular flexibility index (Phi) is 5.22. The third-order valence-corrected chi connectivity index (χ3v) is 8.12. The van der Waals surface area contributed by atoms with Gasteiger partial charge in [0, 0.05) is 17.1 Å². The van der Waals surface area contributed by atoms with Crippen molar-refractivity contribution in [2.75, 3.05) is 4.90 Å². The van der Waals surface area contributed by atoms with Gasteiger partial charge in [-0.2, -0.15) is 0 Å². The van der Waals surface area contributed by atoms with Crippen molar-refractivity contribution in [3.8, 4) is 22.3 Å². The van der Waals surface area contributed by atoms with Gasteiger partial charge in [-0.1, -0.05) is 69.3 Å². The molecule has 0 saturated heterocycles. The smallest absolute Gasteiger partial charge is 0.0468 e. The van der Waals surface area contributed by atoms with Crippen LogP contribution in [0.25, 0.3) is 43.8 Å². The first-order valence-electron chi connectivity index (χ1n) is 13.8. The summed E-state index contributed by atoms with van der Waals surface area (Å²) in [6, 6.07) is 40.9. The largest absolute Gasteiger partial charge is 0.310 e. The van der Waals surface area contributed by atoms with Gasteiger partial charge in [-0.3, -0.25) is 0 Å². The van der Waals surface area contributed by atoms with Crippen LogP contribution in [0.2, 0.25) is 0 Å². The van der Waals surface area contributed by atoms with Gasteiger partial charge < -0.3 is 4.90 Å². The zero-order chi connectivity index (χ0) is 26.9. The molecular formula is C38H33N. The monoisotopic (exact) mass is 503 g/mol. The fraction of sp³-hybridized carbons (Fsp3) is 0.158. The molecule has 1 heteroatoms. The predicted molar refractivity (Wildman–Crippen MR) is 169 cm³/mol. The average Bonchev–Trinajstić information content (AvgIpc) is 2.90. The SMILES string of the molecule is Cc1cc(C)cc(N(c2cccc(C(C)(C)C)c2)c2ccc3cc4c(cc3c2)-c2cc3ccccc3cc2-4)c1. The van der Waals surface area contributed by atoms with Crippen LogP contribution in [0.3, 0.4) is 0 Å². The number of nitrogens with zero attached hydrogens (tertiary/aromatic N) is 1. The molecule has 6 aromatic rings. The lowest BCUT2D eigenvalue weighted by Crippen LogP contribution is -2.14. The molecule has 0 saturated carbocycles. The molecule has 0 aromatic heterocycles. The summed E-state index contributed by atoms with van der Waals surface area (Å²) in [7, 11) is 0. The minimum Gasteiger partial charge on any atom is -0.310 e. The molecule has 39 heavy (non-hydrogen) atoms. The zero-order valence-electron chi connectivity index (χ0n) is 23.3. The van der Waals surface area contributed by atoms with Crippen molar-refractivity contribution in [3.63, 3.8) is 0 Å². The summed E-state index contributed by atoms with van der Waals surface area (Å²) in [5.74, 6) is 0. The van der Waals surface area contributed by atoms with Crippen LogP contribution in [0.1, 0.15) is 37.5 Å². The Bertz CT molecular complexity index is 1900. The standard InChI is InChI=1S/C38H33N/c1-24-15-25(2)17-33(16-24)39(31-12-8-11-30(23-31)38(3,4)5)32-14-13-28-21-36-34-19-26-9-6-7-10-27(26)20-35(34)37(36)22-29(28)18-32/h6-23H,1-5H3. The van der Waals surface area contributed by atoms with Crippen LogP contribution in [0.4, 0.5) is 17.1 Å². The number of aryl methyl sites for hydroxylation is 2. The van der Waals surface area contributed by atoms with Crippen LogP contribution in [-0.2, 0) is 5.41 Å². The quantitative estimate of drug-likeness (QED) is 0.232. The predicted octanol–water partition coefficient (Wildman–Crippen LogP) is 11.0. The highest BCUT2D eigenvalue weighted by Crippen LogP contribution is 2.50. The molecule has 0 unspecified atom stereocenters. The van der Waals surface area contributed by atoms with Crippen molar-refractivity contribution < 1.29 is 0 Å². The topological polar surface area (TPSA) is 3.24 Å². The number of fused-ring (bicyclic) bond motifs is 6. The Labute approximate surface area is 231 Å². The van der Waals surface area contributed by atoms with E-state index in [1.165, 1.54) is 77.6 Å². The van der Waals surface area contributed by atoms with Gasteiger partial charge in [-0.05, 0) is 140 Å². The van der Waals surface area contributed by atoms with Crippen molar-refractivity contribution in [3.05, 3.63) is 126 Å². The first-order chi connectivity index (χ1) is 18.7. The number of benzene rings is 6. The molecule has 0 spiro atoms.